The maximum atomic E-state index is 5.09. The zero-order valence-corrected chi connectivity index (χ0v) is 80.8. The van der Waals surface area contributed by atoms with Gasteiger partial charge in [-0.2, -0.15) is 0 Å². The molecule has 9 nitrogen and oxygen atoms in total. The molecule has 0 aliphatic heterocycles. The third kappa shape index (κ3) is 19.3. The van der Waals surface area contributed by atoms with Gasteiger partial charge in [-0.05, 0) is 0 Å². The van der Waals surface area contributed by atoms with Gasteiger partial charge in [0.1, 0.15) is 0 Å². The average molecular weight is 1970 g/mol. The molecule has 0 saturated carbocycles. The molecule has 0 N–H and O–H groups in total. The summed E-state index contributed by atoms with van der Waals surface area (Å²) in [4.78, 5) is 45.2. The summed E-state index contributed by atoms with van der Waals surface area (Å²) >= 11 is 8.29. The summed E-state index contributed by atoms with van der Waals surface area (Å²) in [6.07, 6.45) is 0. The van der Waals surface area contributed by atoms with Gasteiger partial charge in [0.25, 0.3) is 0 Å². The molecular weight excluding hydrogens is 1890 g/mol. The van der Waals surface area contributed by atoms with Crippen LogP contribution in [-0.2, 0) is 0 Å². The Kier molecular flexibility index (Phi) is 25.2. The van der Waals surface area contributed by atoms with E-state index in [1.54, 1.807) is 0 Å². The van der Waals surface area contributed by atoms with E-state index in [0.29, 0.717) is 52.4 Å². The number of nitrogens with zero attached hydrogens (tertiary/aromatic N) is 9. The van der Waals surface area contributed by atoms with Crippen molar-refractivity contribution in [1.82, 2.24) is 44.9 Å². The van der Waals surface area contributed by atoms with E-state index < -0.39 is 0 Å². The summed E-state index contributed by atoms with van der Waals surface area (Å²) < 4.78 is 3.19. The molecule has 0 amide bonds. The second kappa shape index (κ2) is 40.0. The van der Waals surface area contributed by atoms with E-state index in [4.69, 9.17) is 44.9 Å². The first-order valence-corrected chi connectivity index (χ1v) is 48.9. The van der Waals surface area contributed by atoms with E-state index in [1.807, 2.05) is 103 Å². The molecule has 0 unspecified atom stereocenters. The van der Waals surface area contributed by atoms with Crippen molar-refractivity contribution in [2.24, 2.45) is 0 Å². The first-order valence-electron chi connectivity index (χ1n) is 46.1. The first-order chi connectivity index (χ1) is 68.6. The van der Waals surface area contributed by atoms with Gasteiger partial charge in [-0.15, -0.1) is 0 Å². The molecule has 0 atom stereocenters. The van der Waals surface area contributed by atoms with E-state index in [0.717, 1.165) is 119 Å². The molecule has 3 heterocycles. The number of fused-ring (bicyclic) bond motifs is 4. The van der Waals surface area contributed by atoms with Gasteiger partial charge in [0.15, 0.2) is 0 Å². The zero-order chi connectivity index (χ0) is 93.3. The SMILES string of the molecule is [SeH]c1c(-c2cccc(-c3ccc4ccccc4c3)c2)cccc1-c1nc(-c2ccccc2)nc(-c2ccc(-c3ccccc3)cc2)n1.[SeH]c1c(-c2cccc(-c3ccc4ccccc4c3)c2)cccc1-c1nc(-c2ccccc2)nc(-c2ccc3ccccc3c2)n1.[SeH]c1c(-c2cccc(-c3ccc4ccccc4c3)c2)cccc1-c1nc(-c2ccccc2)nc(-c2cccc(-c3ccccc3)c2)n1. The van der Waals surface area contributed by atoms with Gasteiger partial charge in [0.2, 0.25) is 0 Å². The molecule has 24 rings (SSSR count). The molecule has 3 aromatic heterocycles. The van der Waals surface area contributed by atoms with Crippen molar-refractivity contribution < 1.29 is 0 Å². The second-order valence-corrected chi connectivity index (χ2v) is 36.8. The second-order valence-electron chi connectivity index (χ2n) is 34.0. The molecule has 0 aliphatic carbocycles. The predicted octanol–water partition coefficient (Wildman–Crippen LogP) is 28.1. The molecule has 24 aromatic rings. The Hall–Kier alpha value is -16.8. The van der Waals surface area contributed by atoms with E-state index in [2.05, 4.69) is 442 Å². The first kappa shape index (κ1) is 87.6. The number of hydrogen-bond donors (Lipinski definition) is 0. The molecule has 12 heteroatoms. The topological polar surface area (TPSA) is 116 Å². The van der Waals surface area contributed by atoms with Crippen LogP contribution in [0.1, 0.15) is 0 Å². The van der Waals surface area contributed by atoms with Gasteiger partial charge < -0.3 is 0 Å². The number of benzene rings is 21. The Balaban J connectivity index is 0.000000120. The molecule has 0 radical (unpaired) electrons. The monoisotopic (exact) mass is 1980 g/mol. The Morgan fingerprint density at radius 2 is 0.266 bits per heavy atom. The fraction of sp³-hybridized carbons (Fsp3) is 0. The van der Waals surface area contributed by atoms with Crippen LogP contribution in [0.5, 0.6) is 0 Å². The van der Waals surface area contributed by atoms with Crippen LogP contribution in [0.15, 0.2) is 497 Å². The van der Waals surface area contributed by atoms with Crippen molar-refractivity contribution in [3.8, 4) is 192 Å². The Bertz CT molecular complexity index is 8670. The zero-order valence-electron chi connectivity index (χ0n) is 75.2. The van der Waals surface area contributed by atoms with Crippen LogP contribution in [0.3, 0.4) is 0 Å². The summed E-state index contributed by atoms with van der Waals surface area (Å²) in [6, 6.07) is 173. The van der Waals surface area contributed by atoms with Crippen LogP contribution in [0.2, 0.25) is 0 Å². The van der Waals surface area contributed by atoms with E-state index in [1.165, 1.54) is 76.6 Å². The van der Waals surface area contributed by atoms with E-state index in [9.17, 15) is 0 Å². The van der Waals surface area contributed by atoms with Gasteiger partial charge in [-0.25, -0.2) is 0 Å². The average Bonchev–Trinajstić information content (AvgIpc) is 0.783. The summed E-state index contributed by atoms with van der Waals surface area (Å²) in [5.41, 5.74) is 27.1. The quantitative estimate of drug-likeness (QED) is 0.0822. The van der Waals surface area contributed by atoms with Gasteiger partial charge in [-0.3, -0.25) is 0 Å². The molecule has 0 aliphatic rings. The standard InChI is InChI=1S/2C43H29N3Se.C41H27N3Se/c47-40-38(36-20-9-19-34(27-36)35-25-24-30-14-7-8-17-32(30)26-35)22-11-23-39(40)43-45-41(31-15-5-2-6-16-31)44-42(46-43)37-21-10-18-33(28-37)29-12-3-1-4-13-29;47-40-38(37-18-9-17-35(28-37)36-26-23-30-13-7-8-16-34(30)27-36)19-10-20-39(40)43-45-41(32-14-5-2-6-15-32)44-42(46-43)33-24-21-31(22-25-33)29-11-3-1-4-12-29;45-38-36(34-17-8-16-32(25-34)33-22-20-27-10-4-6-14-30(27)24-33)18-9-19-37(38)41-43-39(29-12-2-1-3-13-29)42-40(44-41)35-23-21-28-11-5-7-15-31(28)26-35/h2*1-28,47H;1-26,45H. The molecule has 21 aromatic carbocycles. The minimum absolute atomic E-state index is 0.641. The Labute approximate surface area is 831 Å². The van der Waals surface area contributed by atoms with E-state index in [-0.39, 0.29) is 0 Å². The Morgan fingerprint density at radius 3 is 0.583 bits per heavy atom. The van der Waals surface area contributed by atoms with Crippen molar-refractivity contribution in [2.75, 3.05) is 0 Å². The number of rotatable bonds is 17. The van der Waals surface area contributed by atoms with Crippen molar-refractivity contribution in [3.05, 3.63) is 497 Å². The molecule has 0 fully saturated rings. The van der Waals surface area contributed by atoms with Gasteiger partial charge in [0.05, 0.1) is 0 Å². The molecule has 0 spiro atoms. The summed E-state index contributed by atoms with van der Waals surface area (Å²) in [5, 5.41) is 9.78. The van der Waals surface area contributed by atoms with Crippen LogP contribution < -0.4 is 13.4 Å². The molecular formula is C127H85N9Se3. The van der Waals surface area contributed by atoms with Crippen molar-refractivity contribution in [1.29, 1.82) is 0 Å². The van der Waals surface area contributed by atoms with Crippen molar-refractivity contribution in [3.63, 3.8) is 0 Å². The molecule has 139 heavy (non-hydrogen) atoms. The molecule has 0 saturated heterocycles. The third-order valence-corrected chi connectivity index (χ3v) is 28.1. The minimum atomic E-state index is 0.641. The summed E-state index contributed by atoms with van der Waals surface area (Å²) in [6.45, 7) is 0. The van der Waals surface area contributed by atoms with Gasteiger partial charge >= 0.3 is 832 Å². The van der Waals surface area contributed by atoms with Gasteiger partial charge in [-0.1, -0.05) is 6.07 Å². The van der Waals surface area contributed by atoms with E-state index >= 15 is 0 Å². The molecule has 0 bridgehead atoms. The maximum absolute atomic E-state index is 5.09. The summed E-state index contributed by atoms with van der Waals surface area (Å²) in [7, 11) is 0. The Morgan fingerprint density at radius 1 is 0.101 bits per heavy atom. The predicted molar refractivity (Wildman–Crippen MR) is 582 cm³/mol. The normalized spacial score (nSPS) is 11.1. The van der Waals surface area contributed by atoms with Crippen LogP contribution in [0.25, 0.3) is 235 Å². The van der Waals surface area contributed by atoms with Crippen molar-refractivity contribution in [2.45, 2.75) is 0 Å². The summed E-state index contributed by atoms with van der Waals surface area (Å²) in [5.74, 6) is 5.81. The van der Waals surface area contributed by atoms with Crippen LogP contribution in [0, 0.1) is 0 Å². The van der Waals surface area contributed by atoms with Gasteiger partial charge in [0, 0.05) is 0 Å². The van der Waals surface area contributed by atoms with Crippen molar-refractivity contribution >= 4 is 105 Å². The fourth-order valence-corrected chi connectivity index (χ4v) is 20.2. The number of hydrogen-bond acceptors (Lipinski definition) is 9. The fourth-order valence-electron chi connectivity index (χ4n) is 17.8. The van der Waals surface area contributed by atoms with Crippen LogP contribution in [-0.4, -0.2) is 92.9 Å². The van der Waals surface area contributed by atoms with Crippen LogP contribution >= 0.6 is 0 Å². The van der Waals surface area contributed by atoms with Crippen LogP contribution in [0.4, 0.5) is 0 Å². The molecule has 656 valence electrons. The number of aromatic nitrogens is 9. The third-order valence-electron chi connectivity index (χ3n) is 25.1.